The van der Waals surface area contributed by atoms with Crippen molar-refractivity contribution in [1.29, 1.82) is 0 Å². The predicted molar refractivity (Wildman–Crippen MR) is 83.7 cm³/mol. The second-order valence-electron chi connectivity index (χ2n) is 6.00. The lowest BCUT2D eigenvalue weighted by Gasteiger charge is -2.19. The molecule has 1 heterocycles. The largest absolute Gasteiger partial charge is 0.466 e. The maximum atomic E-state index is 10.8. The van der Waals surface area contributed by atoms with Crippen molar-refractivity contribution in [2.24, 2.45) is 5.92 Å². The van der Waals surface area contributed by atoms with E-state index in [2.05, 4.69) is 33.8 Å². The van der Waals surface area contributed by atoms with E-state index in [0.29, 0.717) is 12.7 Å². The van der Waals surface area contributed by atoms with Gasteiger partial charge in [-0.1, -0.05) is 19.9 Å². The van der Waals surface area contributed by atoms with Gasteiger partial charge in [0.05, 0.1) is 24.2 Å². The highest BCUT2D eigenvalue weighted by atomic mass is 16.5. The molecule has 3 heteroatoms. The summed E-state index contributed by atoms with van der Waals surface area (Å²) in [5, 5.41) is 0. The van der Waals surface area contributed by atoms with Crippen molar-refractivity contribution in [2.75, 3.05) is 6.61 Å². The van der Waals surface area contributed by atoms with Crippen LogP contribution in [0.4, 0.5) is 0 Å². The van der Waals surface area contributed by atoms with Crippen molar-refractivity contribution in [3.05, 3.63) is 11.6 Å². The Morgan fingerprint density at radius 2 is 2.05 bits per heavy atom. The Balaban J connectivity index is 0.000000370. The summed E-state index contributed by atoms with van der Waals surface area (Å²) in [7, 11) is 0. The molecule has 0 bridgehead atoms. The van der Waals surface area contributed by atoms with Crippen LogP contribution in [0.2, 0.25) is 0 Å². The number of rotatable bonds is 4. The molecule has 0 aromatic rings. The van der Waals surface area contributed by atoms with Gasteiger partial charge in [0.25, 0.3) is 0 Å². The second kappa shape index (κ2) is 9.17. The second-order valence-corrected chi connectivity index (χ2v) is 6.00. The molecule has 20 heavy (non-hydrogen) atoms. The molecule has 0 amide bonds. The molecule has 0 N–H and O–H groups in total. The summed E-state index contributed by atoms with van der Waals surface area (Å²) < 4.78 is 10.6. The first-order valence-electron chi connectivity index (χ1n) is 7.74. The average Bonchev–Trinajstić information content (AvgIpc) is 2.78. The van der Waals surface area contributed by atoms with Gasteiger partial charge in [-0.15, -0.1) is 0 Å². The van der Waals surface area contributed by atoms with Crippen LogP contribution in [0.1, 0.15) is 67.7 Å². The minimum atomic E-state index is -0.0833. The molecule has 0 aromatic carbocycles. The van der Waals surface area contributed by atoms with Gasteiger partial charge in [0, 0.05) is 0 Å². The third kappa shape index (κ3) is 7.09. The summed E-state index contributed by atoms with van der Waals surface area (Å²) in [5.74, 6) is -0.0232. The van der Waals surface area contributed by atoms with Crippen molar-refractivity contribution < 1.29 is 14.3 Å². The summed E-state index contributed by atoms with van der Waals surface area (Å²) in [6.07, 6.45) is 5.76. The number of esters is 1. The first kappa shape index (κ1) is 19.2. The van der Waals surface area contributed by atoms with E-state index in [4.69, 9.17) is 9.47 Å². The van der Waals surface area contributed by atoms with Crippen LogP contribution in [-0.4, -0.2) is 24.3 Å². The van der Waals surface area contributed by atoms with Crippen LogP contribution in [-0.2, 0) is 14.3 Å². The molecule has 2 atom stereocenters. The molecule has 0 aliphatic carbocycles. The number of hydrogen-bond acceptors (Lipinski definition) is 3. The standard InChI is InChI=1S/C10H18O.C7H14O2/c1-5-8(2)9-6-7-10(3,4)11-9;1-4-6(3)7(8)9-5-2/h5,9H,6-7H2,1-4H3;6H,4-5H2,1-3H3. The number of allylic oxidation sites excluding steroid dienone is 1. The normalized spacial score (nSPS) is 22.8. The molecule has 0 spiro atoms. The maximum Gasteiger partial charge on any atom is 0.308 e. The third-order valence-corrected chi connectivity index (χ3v) is 3.73. The van der Waals surface area contributed by atoms with E-state index in [1.165, 1.54) is 18.4 Å². The van der Waals surface area contributed by atoms with Crippen molar-refractivity contribution in [3.63, 3.8) is 0 Å². The quantitative estimate of drug-likeness (QED) is 0.563. The monoisotopic (exact) mass is 284 g/mol. The van der Waals surface area contributed by atoms with Gasteiger partial charge < -0.3 is 9.47 Å². The van der Waals surface area contributed by atoms with Crippen LogP contribution in [0, 0.1) is 5.92 Å². The Morgan fingerprint density at radius 1 is 1.45 bits per heavy atom. The topological polar surface area (TPSA) is 35.5 Å². The van der Waals surface area contributed by atoms with Crippen molar-refractivity contribution in [1.82, 2.24) is 0 Å². The van der Waals surface area contributed by atoms with E-state index in [1.807, 2.05) is 20.8 Å². The fourth-order valence-corrected chi connectivity index (χ4v) is 1.94. The fourth-order valence-electron chi connectivity index (χ4n) is 1.94. The maximum absolute atomic E-state index is 10.8. The zero-order valence-electron chi connectivity index (χ0n) is 14.3. The molecule has 1 aliphatic heterocycles. The Hall–Kier alpha value is -0.830. The van der Waals surface area contributed by atoms with Gasteiger partial charge >= 0.3 is 5.97 Å². The molecule has 0 radical (unpaired) electrons. The lowest BCUT2D eigenvalue weighted by atomic mass is 10.0. The van der Waals surface area contributed by atoms with Crippen LogP contribution >= 0.6 is 0 Å². The minimum Gasteiger partial charge on any atom is -0.466 e. The average molecular weight is 284 g/mol. The minimum absolute atomic E-state index is 0.0601. The van der Waals surface area contributed by atoms with Gasteiger partial charge in [0.1, 0.15) is 0 Å². The van der Waals surface area contributed by atoms with Crippen molar-refractivity contribution in [3.8, 4) is 0 Å². The molecule has 118 valence electrons. The van der Waals surface area contributed by atoms with E-state index >= 15 is 0 Å². The van der Waals surface area contributed by atoms with Gasteiger partial charge in [-0.2, -0.15) is 0 Å². The Kier molecular flexibility index (Phi) is 8.79. The zero-order chi connectivity index (χ0) is 15.8. The molecule has 0 saturated carbocycles. The highest BCUT2D eigenvalue weighted by molar-refractivity contribution is 5.71. The van der Waals surface area contributed by atoms with Crippen LogP contribution in [0.3, 0.4) is 0 Å². The number of hydrogen-bond donors (Lipinski definition) is 0. The van der Waals surface area contributed by atoms with Crippen LogP contribution in [0.25, 0.3) is 0 Å². The lowest BCUT2D eigenvalue weighted by molar-refractivity contribution is -0.147. The summed E-state index contributed by atoms with van der Waals surface area (Å²) >= 11 is 0. The van der Waals surface area contributed by atoms with Crippen LogP contribution in [0.15, 0.2) is 11.6 Å². The first-order chi connectivity index (χ1) is 9.27. The summed E-state index contributed by atoms with van der Waals surface area (Å²) in [6, 6.07) is 0. The molecule has 1 aliphatic rings. The molecule has 1 fully saturated rings. The molecular formula is C17H32O3. The zero-order valence-corrected chi connectivity index (χ0v) is 14.3. The van der Waals surface area contributed by atoms with E-state index < -0.39 is 0 Å². The van der Waals surface area contributed by atoms with Crippen LogP contribution in [0.5, 0.6) is 0 Å². The van der Waals surface area contributed by atoms with Gasteiger partial charge in [0.15, 0.2) is 0 Å². The molecular weight excluding hydrogens is 252 g/mol. The third-order valence-electron chi connectivity index (χ3n) is 3.73. The molecule has 3 nitrogen and oxygen atoms in total. The summed E-state index contributed by atoms with van der Waals surface area (Å²) in [6.45, 7) is 14.7. The predicted octanol–water partition coefficient (Wildman–Crippen LogP) is 4.51. The number of carbonyl (C=O) groups excluding carboxylic acids is 1. The van der Waals surface area contributed by atoms with Gasteiger partial charge in [-0.05, 0) is 59.5 Å². The van der Waals surface area contributed by atoms with Crippen molar-refractivity contribution >= 4 is 5.97 Å². The summed E-state index contributed by atoms with van der Waals surface area (Å²) in [5.41, 5.74) is 1.48. The highest BCUT2D eigenvalue weighted by Crippen LogP contribution is 2.32. The van der Waals surface area contributed by atoms with E-state index in [9.17, 15) is 4.79 Å². The van der Waals surface area contributed by atoms with Gasteiger partial charge in [-0.25, -0.2) is 0 Å². The lowest BCUT2D eigenvalue weighted by Crippen LogP contribution is -2.20. The van der Waals surface area contributed by atoms with E-state index in [-0.39, 0.29) is 17.5 Å². The van der Waals surface area contributed by atoms with E-state index in [1.54, 1.807) is 0 Å². The Labute approximate surface area is 124 Å². The Morgan fingerprint density at radius 3 is 2.40 bits per heavy atom. The fraction of sp³-hybridized carbons (Fsp3) is 0.824. The first-order valence-corrected chi connectivity index (χ1v) is 7.74. The van der Waals surface area contributed by atoms with Gasteiger partial charge in [-0.3, -0.25) is 4.79 Å². The molecule has 0 aromatic heterocycles. The molecule has 1 saturated heterocycles. The van der Waals surface area contributed by atoms with Gasteiger partial charge in [0.2, 0.25) is 0 Å². The smallest absolute Gasteiger partial charge is 0.308 e. The SMILES string of the molecule is CC=C(C)C1CCC(C)(C)O1.CCOC(=O)C(C)CC. The number of ether oxygens (including phenoxy) is 2. The number of carbonyl (C=O) groups is 1. The van der Waals surface area contributed by atoms with E-state index in [0.717, 1.165) is 6.42 Å². The molecule has 2 unspecified atom stereocenters. The highest BCUT2D eigenvalue weighted by Gasteiger charge is 2.31. The summed E-state index contributed by atoms with van der Waals surface area (Å²) in [4.78, 5) is 10.8. The molecule has 1 rings (SSSR count). The van der Waals surface area contributed by atoms with Crippen LogP contribution < -0.4 is 0 Å². The Bertz CT molecular complexity index is 318. The van der Waals surface area contributed by atoms with Crippen molar-refractivity contribution in [2.45, 2.75) is 79.4 Å².